The zero-order valence-electron chi connectivity index (χ0n) is 14.8. The Hall–Kier alpha value is -2.15. The third-order valence-electron chi connectivity index (χ3n) is 6.25. The molecule has 7 nitrogen and oxygen atoms in total. The molecule has 2 amide bonds. The number of hydrogen-bond acceptors (Lipinski definition) is 5. The third kappa shape index (κ3) is 3.05. The number of carbonyl (C=O) groups excluding carboxylic acids is 2. The average Bonchev–Trinajstić information content (AvgIpc) is 3.19. The van der Waals surface area contributed by atoms with E-state index in [-0.39, 0.29) is 24.2 Å². The topological polar surface area (TPSA) is 91.8 Å². The van der Waals surface area contributed by atoms with Crippen LogP contribution in [0.4, 0.5) is 0 Å². The lowest BCUT2D eigenvalue weighted by Gasteiger charge is -2.37. The van der Waals surface area contributed by atoms with E-state index >= 15 is 0 Å². The Labute approximate surface area is 152 Å². The molecule has 0 aromatic carbocycles. The van der Waals surface area contributed by atoms with Gasteiger partial charge >= 0.3 is 0 Å². The van der Waals surface area contributed by atoms with Gasteiger partial charge in [0.1, 0.15) is 5.75 Å². The highest BCUT2D eigenvalue weighted by Crippen LogP contribution is 2.43. The molecule has 4 rings (SSSR count). The van der Waals surface area contributed by atoms with Gasteiger partial charge in [-0.3, -0.25) is 14.6 Å². The molecular formula is C19H25N3O4. The van der Waals surface area contributed by atoms with E-state index in [0.29, 0.717) is 51.3 Å². The first-order valence-electron chi connectivity index (χ1n) is 9.32. The number of nitrogens with one attached hydrogen (secondary N) is 1. The summed E-state index contributed by atoms with van der Waals surface area (Å²) in [4.78, 5) is 30.9. The molecule has 0 bridgehead atoms. The van der Waals surface area contributed by atoms with E-state index in [9.17, 15) is 14.7 Å². The van der Waals surface area contributed by atoms with E-state index in [1.165, 1.54) is 0 Å². The molecule has 2 atom stereocenters. The fourth-order valence-corrected chi connectivity index (χ4v) is 4.34. The lowest BCUT2D eigenvalue weighted by atomic mass is 9.76. The zero-order chi connectivity index (χ0) is 18.2. The highest BCUT2D eigenvalue weighted by Gasteiger charge is 2.55. The number of pyridine rings is 1. The Morgan fingerprint density at radius 2 is 2.27 bits per heavy atom. The van der Waals surface area contributed by atoms with Crippen LogP contribution in [0.15, 0.2) is 24.5 Å². The standard InChI is InChI=1S/C19H25N3O4/c23-16(9-18(25)4-2-5-18)22-8-6-19(13-22)14(10-21-17(19)24)12-26-15-3-1-7-20-11-15/h1,3,7,11,14,25H,2,4-6,8-10,12-13H2,(H,21,24)/t14-,19+/m0/s1. The van der Waals surface area contributed by atoms with Crippen LogP contribution < -0.4 is 10.1 Å². The van der Waals surface area contributed by atoms with Crippen LogP contribution in [0.25, 0.3) is 0 Å². The third-order valence-corrected chi connectivity index (χ3v) is 6.25. The van der Waals surface area contributed by atoms with Crippen LogP contribution in [0.1, 0.15) is 32.1 Å². The highest BCUT2D eigenvalue weighted by atomic mass is 16.5. The summed E-state index contributed by atoms with van der Waals surface area (Å²) < 4.78 is 5.83. The summed E-state index contributed by atoms with van der Waals surface area (Å²) >= 11 is 0. The number of aromatic nitrogens is 1. The van der Waals surface area contributed by atoms with Crippen molar-refractivity contribution >= 4 is 11.8 Å². The van der Waals surface area contributed by atoms with Gasteiger partial charge in [0.05, 0.1) is 30.2 Å². The number of carbonyl (C=O) groups is 2. The molecule has 0 unspecified atom stereocenters. The first-order chi connectivity index (χ1) is 12.5. The largest absolute Gasteiger partial charge is 0.492 e. The fraction of sp³-hybridized carbons (Fsp3) is 0.632. The van der Waals surface area contributed by atoms with Crippen LogP contribution in [0.3, 0.4) is 0 Å². The molecule has 0 radical (unpaired) electrons. The number of amides is 2. The van der Waals surface area contributed by atoms with Crippen LogP contribution in [-0.4, -0.2) is 58.6 Å². The molecule has 2 saturated heterocycles. The number of hydrogen-bond donors (Lipinski definition) is 2. The summed E-state index contributed by atoms with van der Waals surface area (Å²) in [5.74, 6) is 0.658. The predicted molar refractivity (Wildman–Crippen MR) is 93.3 cm³/mol. The van der Waals surface area contributed by atoms with Gasteiger partial charge in [-0.2, -0.15) is 0 Å². The van der Waals surface area contributed by atoms with Gasteiger partial charge in [-0.05, 0) is 37.8 Å². The maximum atomic E-state index is 12.6. The smallest absolute Gasteiger partial charge is 0.228 e. The van der Waals surface area contributed by atoms with E-state index in [1.807, 2.05) is 12.1 Å². The van der Waals surface area contributed by atoms with Gasteiger partial charge in [-0.25, -0.2) is 0 Å². The lowest BCUT2D eigenvalue weighted by molar-refractivity contribution is -0.140. The van der Waals surface area contributed by atoms with Crippen molar-refractivity contribution in [1.82, 2.24) is 15.2 Å². The molecule has 3 fully saturated rings. The van der Waals surface area contributed by atoms with Gasteiger partial charge in [0.25, 0.3) is 0 Å². The van der Waals surface area contributed by atoms with E-state index in [0.717, 1.165) is 6.42 Å². The Kier molecular flexibility index (Phi) is 4.34. The van der Waals surface area contributed by atoms with E-state index < -0.39 is 11.0 Å². The van der Waals surface area contributed by atoms with Crippen molar-refractivity contribution in [3.8, 4) is 5.75 Å². The first-order valence-corrected chi connectivity index (χ1v) is 9.32. The van der Waals surface area contributed by atoms with Crippen molar-refractivity contribution in [1.29, 1.82) is 0 Å². The van der Waals surface area contributed by atoms with Crippen LogP contribution >= 0.6 is 0 Å². The first kappa shape index (κ1) is 17.3. The Morgan fingerprint density at radius 3 is 2.96 bits per heavy atom. The normalized spacial score (nSPS) is 29.5. The lowest BCUT2D eigenvalue weighted by Crippen LogP contribution is -2.45. The summed E-state index contributed by atoms with van der Waals surface area (Å²) in [5, 5.41) is 13.2. The quantitative estimate of drug-likeness (QED) is 0.809. The number of aliphatic hydroxyl groups is 1. The number of ether oxygens (including phenoxy) is 1. The van der Waals surface area contributed by atoms with Crippen molar-refractivity contribution < 1.29 is 19.4 Å². The minimum absolute atomic E-state index is 0.00921. The minimum atomic E-state index is -0.826. The monoisotopic (exact) mass is 359 g/mol. The maximum Gasteiger partial charge on any atom is 0.228 e. The Bertz CT molecular complexity index is 691. The SMILES string of the molecule is O=C(CC1(O)CCC1)N1CC[C@]2(C1)C(=O)NC[C@H]2COc1cccnc1. The summed E-state index contributed by atoms with van der Waals surface area (Å²) in [6.45, 7) is 1.95. The van der Waals surface area contributed by atoms with Crippen molar-refractivity contribution in [3.63, 3.8) is 0 Å². The molecule has 3 aliphatic rings. The number of rotatable bonds is 5. The molecular weight excluding hydrogens is 334 g/mol. The molecule has 2 N–H and O–H groups in total. The van der Waals surface area contributed by atoms with Crippen molar-refractivity contribution in [2.45, 2.75) is 37.7 Å². The average molecular weight is 359 g/mol. The minimum Gasteiger partial charge on any atom is -0.492 e. The summed E-state index contributed by atoms with van der Waals surface area (Å²) in [6.07, 6.45) is 6.52. The molecule has 2 aliphatic heterocycles. The second-order valence-corrected chi connectivity index (χ2v) is 7.88. The Morgan fingerprint density at radius 1 is 1.42 bits per heavy atom. The van der Waals surface area contributed by atoms with Gasteiger partial charge in [0.2, 0.25) is 11.8 Å². The molecule has 1 aromatic rings. The van der Waals surface area contributed by atoms with Gasteiger partial charge in [0, 0.05) is 31.7 Å². The molecule has 26 heavy (non-hydrogen) atoms. The molecule has 1 spiro atoms. The van der Waals surface area contributed by atoms with Gasteiger partial charge in [-0.1, -0.05) is 0 Å². The van der Waals surface area contributed by atoms with Crippen LogP contribution in [0.2, 0.25) is 0 Å². The van der Waals surface area contributed by atoms with Gasteiger partial charge in [-0.15, -0.1) is 0 Å². The second kappa shape index (κ2) is 6.54. The summed E-state index contributed by atoms with van der Waals surface area (Å²) in [6, 6.07) is 3.65. The highest BCUT2D eigenvalue weighted by molar-refractivity contribution is 5.87. The number of nitrogens with zero attached hydrogens (tertiary/aromatic N) is 2. The van der Waals surface area contributed by atoms with Crippen molar-refractivity contribution in [2.75, 3.05) is 26.2 Å². The van der Waals surface area contributed by atoms with Crippen LogP contribution in [0.5, 0.6) is 5.75 Å². The molecule has 140 valence electrons. The molecule has 1 aromatic heterocycles. The maximum absolute atomic E-state index is 12.6. The van der Waals surface area contributed by atoms with E-state index in [1.54, 1.807) is 17.3 Å². The van der Waals surface area contributed by atoms with Gasteiger partial charge in [0.15, 0.2) is 0 Å². The second-order valence-electron chi connectivity index (χ2n) is 7.88. The van der Waals surface area contributed by atoms with Crippen molar-refractivity contribution in [2.24, 2.45) is 11.3 Å². The van der Waals surface area contributed by atoms with E-state index in [4.69, 9.17) is 4.74 Å². The zero-order valence-corrected chi connectivity index (χ0v) is 14.8. The molecule has 7 heteroatoms. The van der Waals surface area contributed by atoms with Crippen LogP contribution in [-0.2, 0) is 9.59 Å². The Balaban J connectivity index is 1.40. The molecule has 3 heterocycles. The summed E-state index contributed by atoms with van der Waals surface area (Å²) in [7, 11) is 0. The number of likely N-dealkylation sites (tertiary alicyclic amines) is 1. The van der Waals surface area contributed by atoms with Gasteiger partial charge < -0.3 is 20.1 Å². The molecule has 1 saturated carbocycles. The fourth-order valence-electron chi connectivity index (χ4n) is 4.34. The van der Waals surface area contributed by atoms with E-state index in [2.05, 4.69) is 10.3 Å². The predicted octanol–water partition coefficient (Wildman–Crippen LogP) is 0.730. The summed E-state index contributed by atoms with van der Waals surface area (Å²) in [5.41, 5.74) is -1.41. The molecule has 1 aliphatic carbocycles. The van der Waals surface area contributed by atoms with Crippen molar-refractivity contribution in [3.05, 3.63) is 24.5 Å². The van der Waals surface area contributed by atoms with Crippen LogP contribution in [0, 0.1) is 11.3 Å².